The predicted molar refractivity (Wildman–Crippen MR) is 53.1 cm³/mol. The fourth-order valence-corrected chi connectivity index (χ4v) is 1.67. The lowest BCUT2D eigenvalue weighted by Gasteiger charge is -2.33. The van der Waals surface area contributed by atoms with Crippen LogP contribution in [-0.4, -0.2) is 40.8 Å². The van der Waals surface area contributed by atoms with Gasteiger partial charge in [0, 0.05) is 0 Å². The largest absolute Gasteiger partial charge is 0.465 e. The number of hydrogen-bond donors (Lipinski definition) is 2. The molecule has 2 N–H and O–H groups in total. The number of rotatable bonds is 5. The van der Waals surface area contributed by atoms with E-state index in [0.717, 1.165) is 6.92 Å². The Hall–Kier alpha value is -0.940. The first-order chi connectivity index (χ1) is 6.81. The second-order valence-corrected chi connectivity index (χ2v) is 3.50. The van der Waals surface area contributed by atoms with E-state index in [1.54, 1.807) is 6.92 Å². The summed E-state index contributed by atoms with van der Waals surface area (Å²) < 4.78 is 4.71. The SMILES string of the molecule is CCOC(=O)C(C(C)=O)(C(C)O)C(C)O. The molecule has 0 radical (unpaired) electrons. The average molecular weight is 218 g/mol. The highest BCUT2D eigenvalue weighted by molar-refractivity contribution is 6.04. The van der Waals surface area contributed by atoms with Gasteiger partial charge in [0.2, 0.25) is 0 Å². The normalized spacial score (nSPS) is 18.8. The third-order valence-electron chi connectivity index (χ3n) is 2.51. The van der Waals surface area contributed by atoms with Crippen LogP contribution < -0.4 is 0 Å². The van der Waals surface area contributed by atoms with E-state index >= 15 is 0 Å². The van der Waals surface area contributed by atoms with Crippen molar-refractivity contribution in [2.75, 3.05) is 6.61 Å². The van der Waals surface area contributed by atoms with E-state index in [4.69, 9.17) is 4.74 Å². The van der Waals surface area contributed by atoms with Crippen LogP contribution in [0.3, 0.4) is 0 Å². The molecule has 0 rings (SSSR count). The Bertz CT molecular complexity index is 236. The Morgan fingerprint density at radius 2 is 1.67 bits per heavy atom. The van der Waals surface area contributed by atoms with Crippen LogP contribution in [0.25, 0.3) is 0 Å². The maximum absolute atomic E-state index is 11.6. The lowest BCUT2D eigenvalue weighted by atomic mass is 9.74. The average Bonchev–Trinajstić information content (AvgIpc) is 2.02. The summed E-state index contributed by atoms with van der Waals surface area (Å²) in [4.78, 5) is 23.1. The lowest BCUT2D eigenvalue weighted by Crippen LogP contribution is -2.55. The summed E-state index contributed by atoms with van der Waals surface area (Å²) in [5.41, 5.74) is -1.88. The molecule has 0 aliphatic heterocycles. The predicted octanol–water partition coefficient (Wildman–Crippen LogP) is -0.114. The van der Waals surface area contributed by atoms with Crippen molar-refractivity contribution >= 4 is 11.8 Å². The molecule has 0 bridgehead atoms. The van der Waals surface area contributed by atoms with Crippen molar-refractivity contribution in [1.29, 1.82) is 0 Å². The van der Waals surface area contributed by atoms with Gasteiger partial charge in [-0.3, -0.25) is 9.59 Å². The molecule has 0 aromatic carbocycles. The van der Waals surface area contributed by atoms with Gasteiger partial charge in [0.25, 0.3) is 0 Å². The van der Waals surface area contributed by atoms with E-state index in [9.17, 15) is 19.8 Å². The zero-order valence-corrected chi connectivity index (χ0v) is 9.48. The minimum atomic E-state index is -1.88. The van der Waals surface area contributed by atoms with Gasteiger partial charge < -0.3 is 14.9 Å². The number of aliphatic hydroxyl groups excluding tert-OH is 2. The summed E-state index contributed by atoms with van der Waals surface area (Å²) >= 11 is 0. The molecule has 5 nitrogen and oxygen atoms in total. The number of aliphatic hydroxyl groups is 2. The molecule has 15 heavy (non-hydrogen) atoms. The van der Waals surface area contributed by atoms with Crippen molar-refractivity contribution in [3.05, 3.63) is 0 Å². The van der Waals surface area contributed by atoms with E-state index in [2.05, 4.69) is 0 Å². The quantitative estimate of drug-likeness (QED) is 0.496. The highest BCUT2D eigenvalue weighted by atomic mass is 16.5. The van der Waals surface area contributed by atoms with Gasteiger partial charge in [-0.25, -0.2) is 0 Å². The van der Waals surface area contributed by atoms with Gasteiger partial charge in [-0.1, -0.05) is 0 Å². The second-order valence-electron chi connectivity index (χ2n) is 3.50. The highest BCUT2D eigenvalue weighted by Crippen LogP contribution is 2.30. The van der Waals surface area contributed by atoms with Crippen molar-refractivity contribution in [3.8, 4) is 0 Å². The van der Waals surface area contributed by atoms with E-state index in [1.807, 2.05) is 0 Å². The fourth-order valence-electron chi connectivity index (χ4n) is 1.67. The summed E-state index contributed by atoms with van der Waals surface area (Å²) in [6.07, 6.45) is -2.59. The summed E-state index contributed by atoms with van der Waals surface area (Å²) in [7, 11) is 0. The first-order valence-electron chi connectivity index (χ1n) is 4.86. The number of ether oxygens (including phenoxy) is 1. The molecule has 88 valence electrons. The number of esters is 1. The van der Waals surface area contributed by atoms with Crippen molar-refractivity contribution in [3.63, 3.8) is 0 Å². The first kappa shape index (κ1) is 14.1. The van der Waals surface area contributed by atoms with Crippen molar-refractivity contribution < 1.29 is 24.5 Å². The Morgan fingerprint density at radius 3 is 1.87 bits per heavy atom. The Kier molecular flexibility index (Phi) is 4.90. The number of hydrogen-bond acceptors (Lipinski definition) is 5. The zero-order valence-electron chi connectivity index (χ0n) is 9.48. The smallest absolute Gasteiger partial charge is 0.324 e. The first-order valence-corrected chi connectivity index (χ1v) is 4.86. The highest BCUT2D eigenvalue weighted by Gasteiger charge is 2.53. The van der Waals surface area contributed by atoms with E-state index in [0.29, 0.717) is 0 Å². The standard InChI is InChI=1S/C10H18O5/c1-5-15-9(14)10(6(2)11,7(3)12)8(4)13/h6-7,11-12H,5H2,1-4H3. The van der Waals surface area contributed by atoms with Gasteiger partial charge in [0.1, 0.15) is 0 Å². The summed E-state index contributed by atoms with van der Waals surface area (Å²) in [6, 6.07) is 0. The van der Waals surface area contributed by atoms with Crippen LogP contribution in [0.5, 0.6) is 0 Å². The van der Waals surface area contributed by atoms with E-state index in [-0.39, 0.29) is 6.61 Å². The molecule has 0 saturated heterocycles. The molecule has 0 aromatic rings. The van der Waals surface area contributed by atoms with Crippen LogP contribution >= 0.6 is 0 Å². The van der Waals surface area contributed by atoms with E-state index < -0.39 is 29.4 Å². The monoisotopic (exact) mass is 218 g/mol. The molecule has 0 heterocycles. The molecule has 0 spiro atoms. The van der Waals surface area contributed by atoms with Crippen molar-refractivity contribution in [2.24, 2.45) is 5.41 Å². The van der Waals surface area contributed by atoms with Gasteiger partial charge >= 0.3 is 5.97 Å². The van der Waals surface area contributed by atoms with Gasteiger partial charge in [0.15, 0.2) is 11.2 Å². The van der Waals surface area contributed by atoms with Crippen LogP contribution in [0.2, 0.25) is 0 Å². The summed E-state index contributed by atoms with van der Waals surface area (Å²) in [5.74, 6) is -1.49. The number of carbonyl (C=O) groups excluding carboxylic acids is 2. The maximum atomic E-state index is 11.6. The van der Waals surface area contributed by atoms with Gasteiger partial charge in [0.05, 0.1) is 18.8 Å². The minimum Gasteiger partial charge on any atom is -0.465 e. The number of carbonyl (C=O) groups is 2. The third-order valence-corrected chi connectivity index (χ3v) is 2.51. The second kappa shape index (κ2) is 5.23. The molecule has 2 atom stereocenters. The number of ketones is 1. The van der Waals surface area contributed by atoms with Crippen molar-refractivity contribution in [1.82, 2.24) is 0 Å². The third kappa shape index (κ3) is 2.35. The molecule has 2 unspecified atom stereocenters. The molecule has 0 fully saturated rings. The molecular formula is C10H18O5. The van der Waals surface area contributed by atoms with E-state index in [1.165, 1.54) is 13.8 Å². The summed E-state index contributed by atoms with van der Waals surface area (Å²) in [5, 5.41) is 19.0. The maximum Gasteiger partial charge on any atom is 0.324 e. The fraction of sp³-hybridized carbons (Fsp3) is 0.800. The van der Waals surface area contributed by atoms with Crippen LogP contribution in [0.15, 0.2) is 0 Å². The molecule has 0 aromatic heterocycles. The molecule has 0 saturated carbocycles. The lowest BCUT2D eigenvalue weighted by molar-refractivity contribution is -0.176. The number of Topliss-reactive ketones (excluding diaryl/α,β-unsaturated/α-hetero) is 1. The molecule has 0 amide bonds. The van der Waals surface area contributed by atoms with Crippen LogP contribution in [0, 0.1) is 5.41 Å². The van der Waals surface area contributed by atoms with Gasteiger partial charge in [-0.2, -0.15) is 0 Å². The molecule has 0 aliphatic rings. The minimum absolute atomic E-state index is 0.0906. The van der Waals surface area contributed by atoms with Crippen LogP contribution in [0.1, 0.15) is 27.7 Å². The van der Waals surface area contributed by atoms with Crippen LogP contribution in [-0.2, 0) is 14.3 Å². The zero-order chi connectivity index (χ0) is 12.2. The molecule has 0 aliphatic carbocycles. The van der Waals surface area contributed by atoms with Crippen molar-refractivity contribution in [2.45, 2.75) is 39.9 Å². The topological polar surface area (TPSA) is 83.8 Å². The van der Waals surface area contributed by atoms with Gasteiger partial charge in [-0.15, -0.1) is 0 Å². The van der Waals surface area contributed by atoms with Crippen LogP contribution in [0.4, 0.5) is 0 Å². The summed E-state index contributed by atoms with van der Waals surface area (Å²) in [6.45, 7) is 5.40. The molecular weight excluding hydrogens is 200 g/mol. The Balaban J connectivity index is 5.32. The Morgan fingerprint density at radius 1 is 1.27 bits per heavy atom. The Labute approximate surface area is 89.0 Å². The van der Waals surface area contributed by atoms with Gasteiger partial charge in [-0.05, 0) is 27.7 Å². The molecule has 5 heteroatoms.